The summed E-state index contributed by atoms with van der Waals surface area (Å²) in [6.07, 6.45) is 5.02. The first kappa shape index (κ1) is 19.3. The van der Waals surface area contributed by atoms with Crippen LogP contribution in [-0.4, -0.2) is 43.6 Å². The topological polar surface area (TPSA) is 77.0 Å². The van der Waals surface area contributed by atoms with Crippen molar-refractivity contribution in [2.75, 3.05) is 13.1 Å². The van der Waals surface area contributed by atoms with Crippen molar-refractivity contribution in [1.82, 2.24) is 24.6 Å². The number of likely N-dealkylation sites (tertiary alicyclic amines) is 1. The highest BCUT2D eigenvalue weighted by Gasteiger charge is 2.29. The number of hydrogen-bond donors (Lipinski definition) is 0. The molecule has 0 spiro atoms. The Hall–Kier alpha value is -2.65. The van der Waals surface area contributed by atoms with E-state index in [9.17, 15) is 4.79 Å². The molecule has 1 saturated heterocycles. The summed E-state index contributed by atoms with van der Waals surface area (Å²) in [5.74, 6) is 1.07. The number of furan rings is 1. The van der Waals surface area contributed by atoms with Crippen LogP contribution in [0.2, 0.25) is 0 Å². The molecule has 0 bridgehead atoms. The van der Waals surface area contributed by atoms with Gasteiger partial charge in [0.2, 0.25) is 0 Å². The van der Waals surface area contributed by atoms with Gasteiger partial charge >= 0.3 is 0 Å². The van der Waals surface area contributed by atoms with E-state index in [0.717, 1.165) is 39.4 Å². The van der Waals surface area contributed by atoms with Crippen LogP contribution in [0.1, 0.15) is 40.7 Å². The molecule has 4 aromatic rings. The molecule has 1 aliphatic rings. The Kier molecular flexibility index (Phi) is 5.30. The van der Waals surface area contributed by atoms with Gasteiger partial charge in [-0.3, -0.25) is 4.79 Å². The zero-order chi connectivity index (χ0) is 20.5. The predicted molar refractivity (Wildman–Crippen MR) is 117 cm³/mol. The van der Waals surface area contributed by atoms with Gasteiger partial charge in [0.25, 0.3) is 5.91 Å². The van der Waals surface area contributed by atoms with Crippen molar-refractivity contribution in [3.05, 3.63) is 59.3 Å². The Morgan fingerprint density at radius 1 is 1.30 bits per heavy atom. The maximum atomic E-state index is 13.4. The normalized spacial score (nSPS) is 15.2. The quantitative estimate of drug-likeness (QED) is 0.424. The van der Waals surface area contributed by atoms with Gasteiger partial charge in [0.15, 0.2) is 5.76 Å². The van der Waals surface area contributed by atoms with Crippen molar-refractivity contribution in [3.8, 4) is 0 Å². The summed E-state index contributed by atoms with van der Waals surface area (Å²) in [5, 5.41) is 7.28. The van der Waals surface area contributed by atoms with Crippen LogP contribution in [-0.2, 0) is 5.75 Å². The Morgan fingerprint density at radius 2 is 2.13 bits per heavy atom. The van der Waals surface area contributed by atoms with Gasteiger partial charge in [0.1, 0.15) is 22.6 Å². The molecular weight excluding hydrogens is 418 g/mol. The minimum atomic E-state index is -0.0332. The third-order valence-corrected chi connectivity index (χ3v) is 7.56. The number of aromatic nitrogens is 4. The van der Waals surface area contributed by atoms with Crippen LogP contribution in [0.3, 0.4) is 0 Å². The van der Waals surface area contributed by atoms with Crippen LogP contribution in [0, 0.1) is 6.92 Å². The average molecular weight is 440 g/mol. The van der Waals surface area contributed by atoms with Crippen molar-refractivity contribution in [3.63, 3.8) is 0 Å². The summed E-state index contributed by atoms with van der Waals surface area (Å²) in [7, 11) is 0. The number of hydrogen-bond acceptors (Lipinski definition) is 7. The molecular formula is C21H21N5O2S2. The highest BCUT2D eigenvalue weighted by atomic mass is 32.2. The van der Waals surface area contributed by atoms with Gasteiger partial charge in [-0.05, 0) is 25.8 Å². The third-order valence-electron chi connectivity index (χ3n) is 5.39. The van der Waals surface area contributed by atoms with E-state index in [1.165, 1.54) is 0 Å². The second-order valence-corrected chi connectivity index (χ2v) is 9.43. The predicted octanol–water partition coefficient (Wildman–Crippen LogP) is 4.56. The molecule has 0 saturated carbocycles. The second kappa shape index (κ2) is 8.23. The number of piperidine rings is 1. The number of carbonyl (C=O) groups is 1. The number of para-hydroxylation sites is 1. The molecule has 5 rings (SSSR count). The fourth-order valence-corrected chi connectivity index (χ4v) is 5.71. The minimum absolute atomic E-state index is 0.0332. The maximum absolute atomic E-state index is 13.4. The van der Waals surface area contributed by atoms with Gasteiger partial charge in [0, 0.05) is 40.9 Å². The van der Waals surface area contributed by atoms with E-state index < -0.39 is 0 Å². The molecule has 1 amide bonds. The lowest BCUT2D eigenvalue weighted by Crippen LogP contribution is -2.39. The lowest BCUT2D eigenvalue weighted by atomic mass is 10.0. The first-order valence-electron chi connectivity index (χ1n) is 9.88. The molecule has 3 aromatic heterocycles. The number of benzene rings is 1. The molecule has 7 nitrogen and oxygen atoms in total. The highest BCUT2D eigenvalue weighted by molar-refractivity contribution is 8.00. The Bertz CT molecular complexity index is 1160. The van der Waals surface area contributed by atoms with Gasteiger partial charge in [-0.25, -0.2) is 14.6 Å². The smallest absolute Gasteiger partial charge is 0.289 e. The van der Waals surface area contributed by atoms with Crippen LogP contribution in [0.15, 0.2) is 51.1 Å². The monoisotopic (exact) mass is 439 g/mol. The zero-order valence-electron chi connectivity index (χ0n) is 16.5. The molecule has 30 heavy (non-hydrogen) atoms. The van der Waals surface area contributed by atoms with Crippen LogP contribution in [0.5, 0.6) is 0 Å². The van der Waals surface area contributed by atoms with Crippen LogP contribution in [0.4, 0.5) is 0 Å². The van der Waals surface area contributed by atoms with Gasteiger partial charge in [-0.2, -0.15) is 5.10 Å². The van der Waals surface area contributed by atoms with Crippen molar-refractivity contribution in [2.24, 2.45) is 0 Å². The number of nitrogens with zero attached hydrogens (tertiary/aromatic N) is 5. The third kappa shape index (κ3) is 3.75. The number of thiazole rings is 1. The number of aryl methyl sites for hydroxylation is 1. The Morgan fingerprint density at radius 3 is 2.87 bits per heavy atom. The second-order valence-electron chi connectivity index (χ2n) is 7.35. The zero-order valence-corrected chi connectivity index (χ0v) is 18.2. The SMILES string of the molecule is Cc1csc(SCc2c(C(=O)N3CCC(n4cncn4)CC3)oc3ccccc23)n1. The molecule has 4 heterocycles. The standard InChI is InChI=1S/C21H21N5O2S2/c1-14-10-29-21(24-14)30-11-17-16-4-2-3-5-18(16)28-19(17)20(27)25-8-6-15(7-9-25)26-13-22-12-23-26/h2-5,10,12-13,15H,6-9,11H2,1H3. The van der Waals surface area contributed by atoms with E-state index in [1.807, 2.05) is 46.2 Å². The Balaban J connectivity index is 1.37. The highest BCUT2D eigenvalue weighted by Crippen LogP contribution is 2.34. The van der Waals surface area contributed by atoms with Crippen LogP contribution < -0.4 is 0 Å². The van der Waals surface area contributed by atoms with E-state index in [1.54, 1.807) is 35.8 Å². The molecule has 0 radical (unpaired) electrons. The fraction of sp³-hybridized carbons (Fsp3) is 0.333. The number of rotatable bonds is 5. The summed E-state index contributed by atoms with van der Waals surface area (Å²) in [6.45, 7) is 3.35. The number of amides is 1. The van der Waals surface area contributed by atoms with Crippen molar-refractivity contribution < 1.29 is 9.21 Å². The summed E-state index contributed by atoms with van der Waals surface area (Å²) in [4.78, 5) is 23.8. The largest absolute Gasteiger partial charge is 0.451 e. The van der Waals surface area contributed by atoms with Crippen molar-refractivity contribution in [1.29, 1.82) is 0 Å². The van der Waals surface area contributed by atoms with Crippen LogP contribution >= 0.6 is 23.1 Å². The molecule has 0 atom stereocenters. The fourth-order valence-electron chi connectivity index (χ4n) is 3.83. The number of carbonyl (C=O) groups excluding carboxylic acids is 1. The first-order chi connectivity index (χ1) is 14.7. The number of fused-ring (bicyclic) bond motifs is 1. The van der Waals surface area contributed by atoms with Gasteiger partial charge in [0.05, 0.1) is 6.04 Å². The van der Waals surface area contributed by atoms with Gasteiger partial charge in [-0.1, -0.05) is 30.0 Å². The van der Waals surface area contributed by atoms with E-state index in [-0.39, 0.29) is 11.9 Å². The van der Waals surface area contributed by atoms with E-state index in [4.69, 9.17) is 4.42 Å². The summed E-state index contributed by atoms with van der Waals surface area (Å²) >= 11 is 3.28. The molecule has 0 unspecified atom stereocenters. The molecule has 0 N–H and O–H groups in total. The molecule has 1 fully saturated rings. The molecule has 154 valence electrons. The van der Waals surface area contributed by atoms with Crippen LogP contribution in [0.25, 0.3) is 11.0 Å². The lowest BCUT2D eigenvalue weighted by molar-refractivity contribution is 0.0659. The van der Waals surface area contributed by atoms with E-state index in [0.29, 0.717) is 24.6 Å². The van der Waals surface area contributed by atoms with E-state index >= 15 is 0 Å². The molecule has 9 heteroatoms. The Labute approximate surface area is 182 Å². The maximum Gasteiger partial charge on any atom is 0.289 e. The van der Waals surface area contributed by atoms with E-state index in [2.05, 4.69) is 15.1 Å². The summed E-state index contributed by atoms with van der Waals surface area (Å²) in [6, 6.07) is 8.15. The first-order valence-corrected chi connectivity index (χ1v) is 11.7. The lowest BCUT2D eigenvalue weighted by Gasteiger charge is -2.31. The molecule has 1 aromatic carbocycles. The van der Waals surface area contributed by atoms with Gasteiger partial charge < -0.3 is 9.32 Å². The van der Waals surface area contributed by atoms with Crippen molar-refractivity contribution >= 4 is 40.0 Å². The van der Waals surface area contributed by atoms with Crippen molar-refractivity contribution in [2.45, 2.75) is 35.9 Å². The molecule has 0 aliphatic carbocycles. The molecule has 1 aliphatic heterocycles. The average Bonchev–Trinajstić information content (AvgIpc) is 3.52. The summed E-state index contributed by atoms with van der Waals surface area (Å²) < 4.78 is 8.95. The summed E-state index contributed by atoms with van der Waals surface area (Å²) in [5.41, 5.74) is 2.72. The number of thioether (sulfide) groups is 1. The van der Waals surface area contributed by atoms with Gasteiger partial charge in [-0.15, -0.1) is 11.3 Å². The minimum Gasteiger partial charge on any atom is -0.451 e.